The van der Waals surface area contributed by atoms with Crippen molar-refractivity contribution in [2.24, 2.45) is 11.8 Å². The number of rotatable bonds is 5. The normalized spacial score (nSPS) is 21.9. The van der Waals surface area contributed by atoms with Crippen molar-refractivity contribution in [1.29, 1.82) is 0 Å². The molecule has 2 unspecified atom stereocenters. The van der Waals surface area contributed by atoms with Gasteiger partial charge in [-0.3, -0.25) is 4.79 Å². The third-order valence-electron chi connectivity index (χ3n) is 4.29. The standard InChI is InChI=1S/C16H24FN3O/c1-3-18-15-14(17)13(8-9-19-15)16(21)20-10-12-7-5-4-6-11(12)2/h8-9,11-12H,3-7,10H2,1-2H3,(H,18,19)(H,20,21). The van der Waals surface area contributed by atoms with Gasteiger partial charge in [0, 0.05) is 19.3 Å². The minimum Gasteiger partial charge on any atom is -0.368 e. The lowest BCUT2D eigenvalue weighted by molar-refractivity contribution is 0.0932. The van der Waals surface area contributed by atoms with E-state index in [1.807, 2.05) is 6.92 Å². The lowest BCUT2D eigenvalue weighted by Gasteiger charge is -2.28. The number of nitrogens with one attached hydrogen (secondary N) is 2. The second kappa shape index (κ2) is 7.38. The zero-order chi connectivity index (χ0) is 15.2. The van der Waals surface area contributed by atoms with Gasteiger partial charge >= 0.3 is 0 Å². The summed E-state index contributed by atoms with van der Waals surface area (Å²) in [5.74, 6) is 0.330. The molecule has 2 rings (SSSR count). The second-order valence-electron chi connectivity index (χ2n) is 5.78. The number of nitrogens with zero attached hydrogens (tertiary/aromatic N) is 1. The molecule has 0 aliphatic heterocycles. The summed E-state index contributed by atoms with van der Waals surface area (Å²) in [7, 11) is 0. The van der Waals surface area contributed by atoms with Gasteiger partial charge in [-0.1, -0.05) is 26.2 Å². The minimum atomic E-state index is -0.575. The van der Waals surface area contributed by atoms with E-state index in [0.717, 1.165) is 6.42 Å². The molecular formula is C16H24FN3O. The van der Waals surface area contributed by atoms with Gasteiger partial charge in [-0.25, -0.2) is 9.37 Å². The van der Waals surface area contributed by atoms with E-state index in [0.29, 0.717) is 24.9 Å². The Bertz CT molecular complexity index is 492. The summed E-state index contributed by atoms with van der Waals surface area (Å²) in [6, 6.07) is 1.43. The van der Waals surface area contributed by atoms with Crippen LogP contribution >= 0.6 is 0 Å². The van der Waals surface area contributed by atoms with Crippen LogP contribution in [-0.4, -0.2) is 24.0 Å². The van der Waals surface area contributed by atoms with Gasteiger partial charge in [0.25, 0.3) is 5.91 Å². The van der Waals surface area contributed by atoms with Gasteiger partial charge in [0.2, 0.25) is 0 Å². The molecule has 1 aromatic heterocycles. The molecule has 1 aromatic rings. The summed E-state index contributed by atoms with van der Waals surface area (Å²) in [6.07, 6.45) is 6.31. The van der Waals surface area contributed by atoms with E-state index in [-0.39, 0.29) is 17.3 Å². The number of carbonyl (C=O) groups is 1. The van der Waals surface area contributed by atoms with Crippen molar-refractivity contribution in [2.75, 3.05) is 18.4 Å². The maximum atomic E-state index is 14.2. The average molecular weight is 293 g/mol. The average Bonchev–Trinajstić information content (AvgIpc) is 2.48. The lowest BCUT2D eigenvalue weighted by atomic mass is 9.80. The van der Waals surface area contributed by atoms with Gasteiger partial charge in [-0.15, -0.1) is 0 Å². The molecule has 21 heavy (non-hydrogen) atoms. The molecule has 5 heteroatoms. The van der Waals surface area contributed by atoms with Crippen LogP contribution in [0, 0.1) is 17.7 Å². The van der Waals surface area contributed by atoms with Crippen molar-refractivity contribution in [1.82, 2.24) is 10.3 Å². The van der Waals surface area contributed by atoms with E-state index in [9.17, 15) is 9.18 Å². The Morgan fingerprint density at radius 1 is 1.43 bits per heavy atom. The SMILES string of the molecule is CCNc1nccc(C(=O)NCC2CCCCC2C)c1F. The topological polar surface area (TPSA) is 54.0 Å². The Labute approximate surface area is 125 Å². The predicted molar refractivity (Wildman–Crippen MR) is 81.8 cm³/mol. The van der Waals surface area contributed by atoms with Crippen LogP contribution < -0.4 is 10.6 Å². The maximum absolute atomic E-state index is 14.2. The number of pyridine rings is 1. The van der Waals surface area contributed by atoms with E-state index in [1.54, 1.807) is 0 Å². The summed E-state index contributed by atoms with van der Waals surface area (Å²) in [6.45, 7) is 5.28. The molecule has 1 amide bonds. The third kappa shape index (κ3) is 3.93. The first-order chi connectivity index (χ1) is 10.1. The number of amides is 1. The van der Waals surface area contributed by atoms with Crippen LogP contribution in [0.4, 0.5) is 10.2 Å². The highest BCUT2D eigenvalue weighted by Gasteiger charge is 2.23. The number of anilines is 1. The van der Waals surface area contributed by atoms with Gasteiger partial charge in [0.1, 0.15) is 0 Å². The summed E-state index contributed by atoms with van der Waals surface area (Å²) in [5, 5.41) is 5.69. The van der Waals surface area contributed by atoms with Gasteiger partial charge < -0.3 is 10.6 Å². The van der Waals surface area contributed by atoms with Crippen LogP contribution in [0.2, 0.25) is 0 Å². The molecule has 1 heterocycles. The van der Waals surface area contributed by atoms with Gasteiger partial charge in [-0.05, 0) is 31.2 Å². The Hall–Kier alpha value is -1.65. The van der Waals surface area contributed by atoms with Crippen LogP contribution in [0.15, 0.2) is 12.3 Å². The zero-order valence-electron chi connectivity index (χ0n) is 12.8. The van der Waals surface area contributed by atoms with Crippen LogP contribution in [0.3, 0.4) is 0 Å². The molecule has 0 aromatic carbocycles. The number of aromatic nitrogens is 1. The molecule has 0 saturated heterocycles. The first kappa shape index (κ1) is 15.7. The maximum Gasteiger partial charge on any atom is 0.254 e. The van der Waals surface area contributed by atoms with E-state index >= 15 is 0 Å². The highest BCUT2D eigenvalue weighted by Crippen LogP contribution is 2.29. The summed E-state index contributed by atoms with van der Waals surface area (Å²) >= 11 is 0. The largest absolute Gasteiger partial charge is 0.368 e. The van der Waals surface area contributed by atoms with Crippen LogP contribution in [-0.2, 0) is 0 Å². The molecule has 0 bridgehead atoms. The molecule has 1 fully saturated rings. The van der Waals surface area contributed by atoms with E-state index in [4.69, 9.17) is 0 Å². The van der Waals surface area contributed by atoms with Crippen molar-refractivity contribution >= 4 is 11.7 Å². The molecule has 0 spiro atoms. The number of carbonyl (C=O) groups excluding carboxylic acids is 1. The highest BCUT2D eigenvalue weighted by atomic mass is 19.1. The Balaban J connectivity index is 1.98. The summed E-state index contributed by atoms with van der Waals surface area (Å²) in [4.78, 5) is 16.1. The predicted octanol–water partition coefficient (Wildman–Crippen LogP) is 3.21. The van der Waals surface area contributed by atoms with Crippen molar-refractivity contribution in [2.45, 2.75) is 39.5 Å². The van der Waals surface area contributed by atoms with Crippen LogP contribution in [0.5, 0.6) is 0 Å². The van der Waals surface area contributed by atoms with Gasteiger partial charge in [0.05, 0.1) is 5.56 Å². The van der Waals surface area contributed by atoms with Crippen LogP contribution in [0.1, 0.15) is 49.9 Å². The molecular weight excluding hydrogens is 269 g/mol. The molecule has 0 radical (unpaired) electrons. The van der Waals surface area contributed by atoms with E-state index in [2.05, 4.69) is 22.5 Å². The fourth-order valence-electron chi connectivity index (χ4n) is 2.93. The van der Waals surface area contributed by atoms with Gasteiger partial charge in [0.15, 0.2) is 11.6 Å². The number of halogens is 1. The highest BCUT2D eigenvalue weighted by molar-refractivity contribution is 5.95. The monoisotopic (exact) mass is 293 g/mol. The minimum absolute atomic E-state index is 0.0596. The quantitative estimate of drug-likeness (QED) is 0.876. The van der Waals surface area contributed by atoms with Gasteiger partial charge in [-0.2, -0.15) is 0 Å². The molecule has 2 N–H and O–H groups in total. The fraction of sp³-hybridized carbons (Fsp3) is 0.625. The molecule has 116 valence electrons. The Morgan fingerprint density at radius 3 is 2.90 bits per heavy atom. The molecule has 4 nitrogen and oxygen atoms in total. The molecule has 1 saturated carbocycles. The van der Waals surface area contributed by atoms with E-state index < -0.39 is 5.82 Å². The summed E-state index contributed by atoms with van der Waals surface area (Å²) in [5.41, 5.74) is 0.0596. The lowest BCUT2D eigenvalue weighted by Crippen LogP contribution is -2.34. The van der Waals surface area contributed by atoms with Crippen molar-refractivity contribution in [3.05, 3.63) is 23.6 Å². The first-order valence-corrected chi connectivity index (χ1v) is 7.80. The summed E-state index contributed by atoms with van der Waals surface area (Å²) < 4.78 is 14.2. The van der Waals surface area contributed by atoms with E-state index in [1.165, 1.54) is 31.5 Å². The number of hydrogen-bond donors (Lipinski definition) is 2. The smallest absolute Gasteiger partial charge is 0.254 e. The third-order valence-corrected chi connectivity index (χ3v) is 4.29. The molecule has 2 atom stereocenters. The Kier molecular flexibility index (Phi) is 5.53. The van der Waals surface area contributed by atoms with Crippen LogP contribution in [0.25, 0.3) is 0 Å². The van der Waals surface area contributed by atoms with Crippen molar-refractivity contribution in [3.8, 4) is 0 Å². The second-order valence-corrected chi connectivity index (χ2v) is 5.78. The molecule has 1 aliphatic carbocycles. The fourth-order valence-corrected chi connectivity index (χ4v) is 2.93. The van der Waals surface area contributed by atoms with Crippen molar-refractivity contribution in [3.63, 3.8) is 0 Å². The zero-order valence-corrected chi connectivity index (χ0v) is 12.8. The first-order valence-electron chi connectivity index (χ1n) is 7.80. The Morgan fingerprint density at radius 2 is 2.19 bits per heavy atom. The van der Waals surface area contributed by atoms with Crippen molar-refractivity contribution < 1.29 is 9.18 Å². The number of hydrogen-bond acceptors (Lipinski definition) is 3. The molecule has 1 aliphatic rings.